The highest BCUT2D eigenvalue weighted by atomic mass is 32.2. The molecule has 2 amide bonds. The van der Waals surface area contributed by atoms with Gasteiger partial charge >= 0.3 is 0 Å². The predicted molar refractivity (Wildman–Crippen MR) is 118 cm³/mol. The monoisotopic (exact) mass is 434 g/mol. The molecule has 2 aliphatic rings. The second-order valence-electron chi connectivity index (χ2n) is 8.70. The largest absolute Gasteiger partial charge is 0.353 e. The molecule has 7 heteroatoms. The number of rotatable bonds is 8. The zero-order valence-electron chi connectivity index (χ0n) is 17.7. The molecule has 1 aliphatic heterocycles. The van der Waals surface area contributed by atoms with Crippen LogP contribution in [0.3, 0.4) is 0 Å². The first kappa shape index (κ1) is 22.8. The van der Waals surface area contributed by atoms with Crippen molar-refractivity contribution in [2.45, 2.75) is 63.8 Å². The van der Waals surface area contributed by atoms with Gasteiger partial charge < -0.3 is 10.2 Å². The molecule has 1 heterocycles. The molecule has 1 aliphatic carbocycles. The number of hydrogen-bond acceptors (Lipinski definition) is 4. The second kappa shape index (κ2) is 10.9. The number of likely N-dealkylation sites (tertiary alicyclic amines) is 1. The van der Waals surface area contributed by atoms with Crippen molar-refractivity contribution in [2.75, 3.05) is 24.6 Å². The van der Waals surface area contributed by atoms with Crippen molar-refractivity contribution in [3.05, 3.63) is 35.9 Å². The Morgan fingerprint density at radius 2 is 1.73 bits per heavy atom. The molecule has 1 atom stereocenters. The van der Waals surface area contributed by atoms with Gasteiger partial charge in [0.2, 0.25) is 11.8 Å². The van der Waals surface area contributed by atoms with E-state index < -0.39 is 15.6 Å². The van der Waals surface area contributed by atoms with Crippen LogP contribution in [-0.4, -0.2) is 55.8 Å². The van der Waals surface area contributed by atoms with Crippen LogP contribution in [0.4, 0.5) is 0 Å². The third-order valence-electron chi connectivity index (χ3n) is 6.20. The highest BCUT2D eigenvalue weighted by Crippen LogP contribution is 2.21. The van der Waals surface area contributed by atoms with Crippen molar-refractivity contribution in [3.8, 4) is 0 Å². The predicted octanol–water partition coefficient (Wildman–Crippen LogP) is 2.72. The third-order valence-corrected chi connectivity index (χ3v) is 7.80. The molecular weight excluding hydrogens is 400 g/mol. The molecule has 30 heavy (non-hydrogen) atoms. The van der Waals surface area contributed by atoms with Gasteiger partial charge in [-0.05, 0) is 44.1 Å². The van der Waals surface area contributed by atoms with Gasteiger partial charge in [-0.15, -0.1) is 0 Å². The summed E-state index contributed by atoms with van der Waals surface area (Å²) in [6.07, 6.45) is 8.29. The Labute approximate surface area is 180 Å². The summed E-state index contributed by atoms with van der Waals surface area (Å²) in [5.41, 5.74) is 1.10. The van der Waals surface area contributed by atoms with Crippen LogP contribution in [0.1, 0.15) is 56.9 Å². The summed E-state index contributed by atoms with van der Waals surface area (Å²) in [5.74, 6) is -1.04. The van der Waals surface area contributed by atoms with Crippen molar-refractivity contribution < 1.29 is 18.0 Å². The Balaban J connectivity index is 1.44. The number of sulfone groups is 1. The second-order valence-corrected chi connectivity index (χ2v) is 10.9. The minimum absolute atomic E-state index is 0.00701. The number of hydrogen-bond donors (Lipinski definition) is 1. The number of benzene rings is 1. The fraction of sp³-hybridized carbons (Fsp3) is 0.652. The maximum Gasteiger partial charge on any atom is 0.237 e. The van der Waals surface area contributed by atoms with Gasteiger partial charge in [0.1, 0.15) is 5.75 Å². The molecule has 0 radical (unpaired) electrons. The first-order valence-corrected chi connectivity index (χ1v) is 13.1. The van der Waals surface area contributed by atoms with Crippen LogP contribution in [0.5, 0.6) is 0 Å². The first-order valence-electron chi connectivity index (χ1n) is 11.3. The van der Waals surface area contributed by atoms with Gasteiger partial charge in [0.15, 0.2) is 9.84 Å². The summed E-state index contributed by atoms with van der Waals surface area (Å²) in [6, 6.07) is 10.0. The summed E-state index contributed by atoms with van der Waals surface area (Å²) < 4.78 is 24.9. The molecule has 2 fully saturated rings. The third kappa shape index (κ3) is 7.11. The summed E-state index contributed by atoms with van der Waals surface area (Å²) in [7, 11) is -3.45. The lowest BCUT2D eigenvalue weighted by Gasteiger charge is -2.33. The van der Waals surface area contributed by atoms with Crippen molar-refractivity contribution in [1.29, 1.82) is 0 Å². The van der Waals surface area contributed by atoms with Crippen molar-refractivity contribution >= 4 is 21.7 Å². The Hall–Kier alpha value is -1.89. The molecule has 3 rings (SSSR count). The zero-order valence-corrected chi connectivity index (χ0v) is 18.5. The van der Waals surface area contributed by atoms with Crippen LogP contribution in [0, 0.1) is 5.92 Å². The van der Waals surface area contributed by atoms with E-state index in [9.17, 15) is 18.0 Å². The topological polar surface area (TPSA) is 83.6 Å². The lowest BCUT2D eigenvalue weighted by Crippen LogP contribution is -2.49. The molecule has 1 aromatic rings. The molecule has 0 spiro atoms. The standard InChI is InChI=1S/C23H34N2O4S/c26-22(18-30(28,29)16-8-11-19-9-3-1-4-10-19)25-15-7-12-20(17-25)23(27)24-21-13-5-2-6-14-21/h1,3-4,9-10,20-21H,2,5-8,11-18H2,(H,24,27). The number of nitrogens with zero attached hydrogens (tertiary/aromatic N) is 1. The van der Waals surface area contributed by atoms with Gasteiger partial charge in [0.05, 0.1) is 11.7 Å². The van der Waals surface area contributed by atoms with E-state index in [1.165, 1.54) is 6.42 Å². The van der Waals surface area contributed by atoms with E-state index in [-0.39, 0.29) is 29.5 Å². The lowest BCUT2D eigenvalue weighted by molar-refractivity contribution is -0.134. The lowest BCUT2D eigenvalue weighted by atomic mass is 9.93. The number of amides is 2. The summed E-state index contributed by atoms with van der Waals surface area (Å²) in [5, 5.41) is 3.14. The van der Waals surface area contributed by atoms with E-state index in [1.807, 2.05) is 30.3 Å². The number of aryl methyl sites for hydroxylation is 1. The molecule has 0 aromatic heterocycles. The van der Waals surface area contributed by atoms with Gasteiger partial charge in [-0.2, -0.15) is 0 Å². The van der Waals surface area contributed by atoms with E-state index in [0.717, 1.165) is 44.1 Å². The average Bonchev–Trinajstić information content (AvgIpc) is 2.75. The first-order chi connectivity index (χ1) is 14.4. The van der Waals surface area contributed by atoms with Crippen LogP contribution < -0.4 is 5.32 Å². The summed E-state index contributed by atoms with van der Waals surface area (Å²) in [4.78, 5) is 26.8. The molecule has 1 aromatic carbocycles. The van der Waals surface area contributed by atoms with Crippen molar-refractivity contribution in [1.82, 2.24) is 10.2 Å². The van der Waals surface area contributed by atoms with Crippen molar-refractivity contribution in [3.63, 3.8) is 0 Å². The molecule has 166 valence electrons. The number of carbonyl (C=O) groups excluding carboxylic acids is 2. The Morgan fingerprint density at radius 1 is 1.00 bits per heavy atom. The quantitative estimate of drug-likeness (QED) is 0.682. The maximum absolute atomic E-state index is 12.6. The molecule has 6 nitrogen and oxygen atoms in total. The van der Waals surface area contributed by atoms with E-state index >= 15 is 0 Å². The number of carbonyl (C=O) groups is 2. The normalized spacial score (nSPS) is 20.7. The van der Waals surface area contributed by atoms with Crippen LogP contribution in [0.25, 0.3) is 0 Å². The Kier molecular flexibility index (Phi) is 8.31. The summed E-state index contributed by atoms with van der Waals surface area (Å²) in [6.45, 7) is 0.864. The molecule has 1 unspecified atom stereocenters. The van der Waals surface area contributed by atoms with Crippen LogP contribution >= 0.6 is 0 Å². The zero-order chi connectivity index (χ0) is 21.4. The molecule has 0 bridgehead atoms. The fourth-order valence-corrected chi connectivity index (χ4v) is 5.76. The van der Waals surface area contributed by atoms with Gasteiger partial charge in [-0.25, -0.2) is 8.42 Å². The van der Waals surface area contributed by atoms with Crippen LogP contribution in [-0.2, 0) is 25.8 Å². The SMILES string of the molecule is O=C(NC1CCCCC1)C1CCCN(C(=O)CS(=O)(=O)CCCc2ccccc2)C1. The molecular formula is C23H34N2O4S. The molecule has 1 saturated heterocycles. The van der Waals surface area contributed by atoms with Gasteiger partial charge in [-0.1, -0.05) is 49.6 Å². The van der Waals surface area contributed by atoms with Crippen molar-refractivity contribution in [2.24, 2.45) is 5.92 Å². The van der Waals surface area contributed by atoms with Gasteiger partial charge in [-0.3, -0.25) is 9.59 Å². The van der Waals surface area contributed by atoms with Crippen LogP contribution in [0.15, 0.2) is 30.3 Å². The Bertz CT molecular complexity index is 804. The van der Waals surface area contributed by atoms with E-state index in [2.05, 4.69) is 5.32 Å². The maximum atomic E-state index is 12.6. The smallest absolute Gasteiger partial charge is 0.237 e. The fourth-order valence-electron chi connectivity index (χ4n) is 4.48. The average molecular weight is 435 g/mol. The highest BCUT2D eigenvalue weighted by molar-refractivity contribution is 7.92. The number of nitrogens with one attached hydrogen (secondary N) is 1. The van der Waals surface area contributed by atoms with E-state index in [1.54, 1.807) is 4.90 Å². The minimum atomic E-state index is -3.45. The summed E-state index contributed by atoms with van der Waals surface area (Å²) >= 11 is 0. The molecule has 1 saturated carbocycles. The van der Waals surface area contributed by atoms with Gasteiger partial charge in [0.25, 0.3) is 0 Å². The van der Waals surface area contributed by atoms with Gasteiger partial charge in [0, 0.05) is 19.1 Å². The van der Waals surface area contributed by atoms with E-state index in [4.69, 9.17) is 0 Å². The van der Waals surface area contributed by atoms with E-state index in [0.29, 0.717) is 25.9 Å². The Morgan fingerprint density at radius 3 is 2.47 bits per heavy atom. The van der Waals surface area contributed by atoms with Crippen LogP contribution in [0.2, 0.25) is 0 Å². The number of piperidine rings is 1. The molecule has 1 N–H and O–H groups in total. The minimum Gasteiger partial charge on any atom is -0.353 e. The highest BCUT2D eigenvalue weighted by Gasteiger charge is 2.31.